The molecule has 0 aliphatic carbocycles. The lowest BCUT2D eigenvalue weighted by atomic mass is 10.1. The maximum absolute atomic E-state index is 12.6. The van der Waals surface area contributed by atoms with Crippen LogP contribution in [0.15, 0.2) is 72.8 Å². The molecular formula is C23H18N4OS. The Labute approximate surface area is 172 Å². The summed E-state index contributed by atoms with van der Waals surface area (Å²) in [7, 11) is 0. The van der Waals surface area contributed by atoms with E-state index in [1.807, 2.05) is 65.1 Å². The number of benzene rings is 3. The Morgan fingerprint density at radius 3 is 2.69 bits per heavy atom. The highest BCUT2D eigenvalue weighted by Crippen LogP contribution is 2.24. The van der Waals surface area contributed by atoms with Crippen molar-refractivity contribution in [3.63, 3.8) is 0 Å². The van der Waals surface area contributed by atoms with Gasteiger partial charge in [-0.1, -0.05) is 42.5 Å². The first-order chi connectivity index (χ1) is 14.2. The molecule has 6 heteroatoms. The Morgan fingerprint density at radius 1 is 1.03 bits per heavy atom. The summed E-state index contributed by atoms with van der Waals surface area (Å²) in [5, 5.41) is 3.91. The third-order valence-electron chi connectivity index (χ3n) is 5.07. The fourth-order valence-electron chi connectivity index (χ4n) is 3.63. The van der Waals surface area contributed by atoms with E-state index < -0.39 is 0 Å². The van der Waals surface area contributed by atoms with Crippen molar-refractivity contribution in [3.05, 3.63) is 88.7 Å². The molecule has 0 radical (unpaired) electrons. The molecule has 1 amide bonds. The van der Waals surface area contributed by atoms with E-state index in [0.29, 0.717) is 16.9 Å². The molecular weight excluding hydrogens is 380 g/mol. The van der Waals surface area contributed by atoms with Crippen molar-refractivity contribution < 1.29 is 4.79 Å². The van der Waals surface area contributed by atoms with Gasteiger partial charge in [-0.3, -0.25) is 9.20 Å². The van der Waals surface area contributed by atoms with E-state index in [0.717, 1.165) is 34.0 Å². The molecule has 0 spiro atoms. The second-order valence-electron chi connectivity index (χ2n) is 6.94. The number of fused-ring (bicyclic) bond motifs is 5. The van der Waals surface area contributed by atoms with Crippen LogP contribution in [0.25, 0.3) is 27.6 Å². The first-order valence-corrected chi connectivity index (χ1v) is 9.87. The Hall–Kier alpha value is -3.51. The second kappa shape index (κ2) is 7.14. The van der Waals surface area contributed by atoms with Crippen LogP contribution in [0, 0.1) is 4.77 Å². The highest BCUT2D eigenvalue weighted by molar-refractivity contribution is 7.71. The van der Waals surface area contributed by atoms with E-state index in [9.17, 15) is 4.79 Å². The third-order valence-corrected chi connectivity index (χ3v) is 5.35. The Bertz CT molecular complexity index is 1420. The molecule has 0 unspecified atom stereocenters. The second-order valence-corrected chi connectivity index (χ2v) is 7.33. The van der Waals surface area contributed by atoms with Gasteiger partial charge in [-0.15, -0.1) is 0 Å². The molecule has 2 heterocycles. The number of rotatable bonds is 4. The minimum absolute atomic E-state index is 0.101. The van der Waals surface area contributed by atoms with Gasteiger partial charge >= 0.3 is 0 Å². The van der Waals surface area contributed by atoms with Crippen molar-refractivity contribution in [2.24, 2.45) is 0 Å². The summed E-state index contributed by atoms with van der Waals surface area (Å²) in [6.07, 6.45) is 0.796. The third kappa shape index (κ3) is 3.17. The topological polar surface area (TPSA) is 62.2 Å². The van der Waals surface area contributed by atoms with Crippen LogP contribution >= 0.6 is 12.2 Å². The number of para-hydroxylation sites is 2. The van der Waals surface area contributed by atoms with E-state index in [4.69, 9.17) is 17.2 Å². The average molecular weight is 398 g/mol. The van der Waals surface area contributed by atoms with Gasteiger partial charge in [0, 0.05) is 17.5 Å². The number of hydrogen-bond acceptors (Lipinski definition) is 3. The summed E-state index contributed by atoms with van der Waals surface area (Å²) in [6, 6.07) is 23.6. The summed E-state index contributed by atoms with van der Waals surface area (Å²) in [4.78, 5) is 20.6. The van der Waals surface area contributed by atoms with Crippen molar-refractivity contribution in [3.8, 4) is 0 Å². The summed E-state index contributed by atoms with van der Waals surface area (Å²) in [5.41, 5.74) is 5.24. The number of nitrogens with one attached hydrogen (secondary N) is 2. The molecule has 0 bridgehead atoms. The molecule has 0 saturated carbocycles. The number of amides is 1. The van der Waals surface area contributed by atoms with Gasteiger partial charge < -0.3 is 10.3 Å². The van der Waals surface area contributed by atoms with E-state index in [2.05, 4.69) is 22.4 Å². The fourth-order valence-corrected chi connectivity index (χ4v) is 3.93. The number of carbonyl (C=O) groups is 1. The smallest absolute Gasteiger partial charge is 0.251 e. The van der Waals surface area contributed by atoms with Crippen LogP contribution in [0.1, 0.15) is 15.9 Å². The van der Waals surface area contributed by atoms with Crippen LogP contribution in [-0.4, -0.2) is 26.8 Å². The predicted octanol–water partition coefficient (Wildman–Crippen LogP) is 4.67. The highest BCUT2D eigenvalue weighted by atomic mass is 32.1. The first kappa shape index (κ1) is 17.6. The summed E-state index contributed by atoms with van der Waals surface area (Å²) in [6.45, 7) is 0.585. The number of nitrogens with zero attached hydrogens (tertiary/aromatic N) is 2. The van der Waals surface area contributed by atoms with Crippen molar-refractivity contribution in [2.75, 3.05) is 6.54 Å². The van der Waals surface area contributed by atoms with Crippen LogP contribution < -0.4 is 5.32 Å². The maximum Gasteiger partial charge on any atom is 0.251 e. The molecule has 0 atom stereocenters. The Balaban J connectivity index is 1.47. The van der Waals surface area contributed by atoms with Crippen LogP contribution in [0.3, 0.4) is 0 Å². The molecule has 2 aromatic heterocycles. The van der Waals surface area contributed by atoms with Crippen LogP contribution in [-0.2, 0) is 6.42 Å². The zero-order valence-corrected chi connectivity index (χ0v) is 16.4. The van der Waals surface area contributed by atoms with E-state index in [1.165, 1.54) is 5.56 Å². The van der Waals surface area contributed by atoms with Gasteiger partial charge in [-0.2, -0.15) is 0 Å². The molecule has 0 aliphatic heterocycles. The number of aromatic amines is 1. The molecule has 3 aromatic carbocycles. The number of imidazole rings is 1. The highest BCUT2D eigenvalue weighted by Gasteiger charge is 2.12. The zero-order valence-electron chi connectivity index (χ0n) is 15.6. The SMILES string of the molecule is O=C(NCCc1ccccc1)c1ccc2c(c1)[nH]c(=S)n1c3ccccc3nc21. The molecule has 5 nitrogen and oxygen atoms in total. The van der Waals surface area contributed by atoms with Gasteiger partial charge in [0.2, 0.25) is 0 Å². The van der Waals surface area contributed by atoms with Gasteiger partial charge in [0.05, 0.1) is 16.6 Å². The largest absolute Gasteiger partial charge is 0.352 e. The van der Waals surface area contributed by atoms with Crippen molar-refractivity contribution >= 4 is 45.7 Å². The van der Waals surface area contributed by atoms with E-state index in [-0.39, 0.29) is 5.91 Å². The lowest BCUT2D eigenvalue weighted by Gasteiger charge is -2.08. The maximum atomic E-state index is 12.6. The van der Waals surface area contributed by atoms with E-state index in [1.54, 1.807) is 0 Å². The van der Waals surface area contributed by atoms with Crippen LogP contribution in [0.5, 0.6) is 0 Å². The first-order valence-electron chi connectivity index (χ1n) is 9.46. The van der Waals surface area contributed by atoms with Crippen molar-refractivity contribution in [1.29, 1.82) is 0 Å². The van der Waals surface area contributed by atoms with Gasteiger partial charge in [-0.05, 0) is 54.5 Å². The molecule has 0 fully saturated rings. The summed E-state index contributed by atoms with van der Waals surface area (Å²) < 4.78 is 2.50. The molecule has 29 heavy (non-hydrogen) atoms. The minimum Gasteiger partial charge on any atom is -0.352 e. The molecule has 142 valence electrons. The molecule has 0 aliphatic rings. The molecule has 0 saturated heterocycles. The number of carbonyl (C=O) groups excluding carboxylic acids is 1. The molecule has 2 N–H and O–H groups in total. The predicted molar refractivity (Wildman–Crippen MR) is 118 cm³/mol. The van der Waals surface area contributed by atoms with Crippen LogP contribution in [0.4, 0.5) is 0 Å². The fraction of sp³-hybridized carbons (Fsp3) is 0.0870. The number of aromatic nitrogens is 3. The quantitative estimate of drug-likeness (QED) is 0.433. The van der Waals surface area contributed by atoms with Gasteiger partial charge in [0.15, 0.2) is 4.77 Å². The summed E-state index contributed by atoms with van der Waals surface area (Å²) >= 11 is 5.56. The Morgan fingerprint density at radius 2 is 1.83 bits per heavy atom. The normalized spacial score (nSPS) is 11.3. The Kier molecular flexibility index (Phi) is 4.33. The van der Waals surface area contributed by atoms with Crippen LogP contribution in [0.2, 0.25) is 0 Å². The zero-order chi connectivity index (χ0) is 19.8. The van der Waals surface area contributed by atoms with E-state index >= 15 is 0 Å². The van der Waals surface area contributed by atoms with Gasteiger partial charge in [-0.25, -0.2) is 4.98 Å². The molecule has 5 aromatic rings. The molecule has 5 rings (SSSR count). The van der Waals surface area contributed by atoms with Gasteiger partial charge in [0.1, 0.15) is 5.65 Å². The lowest BCUT2D eigenvalue weighted by Crippen LogP contribution is -2.25. The standard InChI is InChI=1S/C23H18N4OS/c28-22(24-13-12-15-6-2-1-3-7-15)16-10-11-17-19(14-16)26-23(29)27-20-9-5-4-8-18(20)25-21(17)27/h1-11,14H,12-13H2,(H,24,28)(H,26,29). The average Bonchev–Trinajstić information content (AvgIpc) is 3.14. The summed E-state index contributed by atoms with van der Waals surface area (Å²) in [5.74, 6) is -0.101. The lowest BCUT2D eigenvalue weighted by molar-refractivity contribution is 0.0954. The number of H-pyrrole nitrogens is 1. The minimum atomic E-state index is -0.101. The van der Waals surface area contributed by atoms with Crippen molar-refractivity contribution in [1.82, 2.24) is 19.7 Å². The van der Waals surface area contributed by atoms with Crippen molar-refractivity contribution in [2.45, 2.75) is 6.42 Å². The monoisotopic (exact) mass is 398 g/mol. The number of hydrogen-bond donors (Lipinski definition) is 2. The van der Waals surface area contributed by atoms with Gasteiger partial charge in [0.25, 0.3) is 5.91 Å².